The van der Waals surface area contributed by atoms with Crippen molar-refractivity contribution in [2.45, 2.75) is 44.7 Å². The number of methoxy groups -OCH3 is 1. The molecule has 2 aliphatic heterocycles. The number of likely N-dealkylation sites (N-methyl/N-ethyl adjacent to an activating group) is 1. The molecule has 0 spiro atoms. The summed E-state index contributed by atoms with van der Waals surface area (Å²) in [4.78, 5) is 29.3. The molecule has 0 saturated carbocycles. The monoisotopic (exact) mass is 425 g/mol. The Balaban J connectivity index is 1.50. The van der Waals surface area contributed by atoms with Crippen LogP contribution in [0.25, 0.3) is 0 Å². The van der Waals surface area contributed by atoms with Crippen LogP contribution in [0.2, 0.25) is 0 Å². The molecule has 0 aliphatic carbocycles. The van der Waals surface area contributed by atoms with Crippen molar-refractivity contribution in [1.29, 1.82) is 0 Å². The van der Waals surface area contributed by atoms with Crippen LogP contribution < -0.4 is 10.1 Å². The Kier molecular flexibility index (Phi) is 6.05. The molecule has 4 rings (SSSR count). The predicted molar refractivity (Wildman–Crippen MR) is 117 cm³/mol. The second-order valence-corrected chi connectivity index (χ2v) is 8.57. The van der Waals surface area contributed by atoms with Crippen LogP contribution in [0, 0.1) is 5.92 Å². The number of carbonyl (C=O) groups excluding carboxylic acids is 2. The number of imide groups is 1. The minimum atomic E-state index is -0.912. The number of carbonyl (C=O) groups is 2. The van der Waals surface area contributed by atoms with Crippen molar-refractivity contribution >= 4 is 11.9 Å². The Morgan fingerprint density at radius 2 is 1.90 bits per heavy atom. The van der Waals surface area contributed by atoms with Crippen LogP contribution >= 0.6 is 0 Å². The maximum Gasteiger partial charge on any atom is 0.324 e. The highest BCUT2D eigenvalue weighted by Crippen LogP contribution is 2.37. The third-order valence-corrected chi connectivity index (χ3v) is 6.67. The highest BCUT2D eigenvalue weighted by Gasteiger charge is 2.54. The number of furan rings is 1. The highest BCUT2D eigenvalue weighted by molar-refractivity contribution is 6.07. The number of benzene rings is 1. The molecule has 7 nitrogen and oxygen atoms in total. The largest absolute Gasteiger partial charge is 0.497 e. The van der Waals surface area contributed by atoms with Crippen LogP contribution in [-0.2, 0) is 24.2 Å². The van der Waals surface area contributed by atoms with Crippen LogP contribution in [-0.4, -0.2) is 54.5 Å². The van der Waals surface area contributed by atoms with Crippen LogP contribution in [0.1, 0.15) is 36.8 Å². The molecule has 2 saturated heterocycles. The molecule has 1 N–H and O–H groups in total. The van der Waals surface area contributed by atoms with Crippen molar-refractivity contribution in [1.82, 2.24) is 15.1 Å². The first kappa shape index (κ1) is 21.4. The molecular weight excluding hydrogens is 394 g/mol. The van der Waals surface area contributed by atoms with Gasteiger partial charge in [0.1, 0.15) is 22.8 Å². The molecule has 1 aromatic carbocycles. The molecular formula is C24H31N3O4. The molecule has 1 aromatic heterocycles. The van der Waals surface area contributed by atoms with E-state index in [0.717, 1.165) is 61.7 Å². The predicted octanol–water partition coefficient (Wildman–Crippen LogP) is 3.23. The number of hydrogen-bond acceptors (Lipinski definition) is 5. The molecule has 31 heavy (non-hydrogen) atoms. The number of ether oxygens (including phenoxy) is 1. The maximum atomic E-state index is 13.3. The smallest absolute Gasteiger partial charge is 0.324 e. The van der Waals surface area contributed by atoms with Gasteiger partial charge < -0.3 is 14.5 Å². The molecule has 0 unspecified atom stereocenters. The molecule has 2 fully saturated rings. The number of urea groups is 1. The van der Waals surface area contributed by atoms with Gasteiger partial charge in [0.25, 0.3) is 5.91 Å². The van der Waals surface area contributed by atoms with Gasteiger partial charge in [0.2, 0.25) is 0 Å². The zero-order valence-corrected chi connectivity index (χ0v) is 18.5. The maximum absolute atomic E-state index is 13.3. The van der Waals surface area contributed by atoms with Gasteiger partial charge in [0, 0.05) is 19.9 Å². The van der Waals surface area contributed by atoms with Gasteiger partial charge in [0.15, 0.2) is 0 Å². The summed E-state index contributed by atoms with van der Waals surface area (Å²) < 4.78 is 11.2. The van der Waals surface area contributed by atoms with E-state index in [2.05, 4.69) is 17.1 Å². The van der Waals surface area contributed by atoms with Gasteiger partial charge >= 0.3 is 6.03 Å². The number of aryl methyl sites for hydroxylation is 1. The first-order valence-corrected chi connectivity index (χ1v) is 11.0. The summed E-state index contributed by atoms with van der Waals surface area (Å²) in [6.45, 7) is 4.58. The Hall–Kier alpha value is -2.80. The van der Waals surface area contributed by atoms with Crippen molar-refractivity contribution in [2.24, 2.45) is 5.92 Å². The number of likely N-dealkylation sites (tertiary alicyclic amines) is 1. The number of amides is 3. The molecule has 0 bridgehead atoms. The zero-order chi connectivity index (χ0) is 22.0. The van der Waals surface area contributed by atoms with Crippen molar-refractivity contribution in [3.8, 4) is 5.75 Å². The topological polar surface area (TPSA) is 75.0 Å². The standard InChI is InChI=1S/C24H31N3O4/c1-4-19-8-9-21(31-19)16-27-12-10-18(11-13-27)24(22(28)26(2)23(29)25-24)15-17-6-5-7-20(14-17)30-3/h5-9,14,18H,4,10-13,15-16H2,1-3H3,(H,25,29)/t24-/m0/s1. The second kappa shape index (κ2) is 8.75. The average Bonchev–Trinajstić information content (AvgIpc) is 3.33. The van der Waals surface area contributed by atoms with Crippen LogP contribution in [0.3, 0.4) is 0 Å². The molecule has 2 aliphatic rings. The van der Waals surface area contributed by atoms with Crippen molar-refractivity contribution in [2.75, 3.05) is 27.2 Å². The number of nitrogens with zero attached hydrogens (tertiary/aromatic N) is 2. The number of nitrogens with one attached hydrogen (secondary N) is 1. The van der Waals surface area contributed by atoms with Gasteiger partial charge in [-0.25, -0.2) is 4.79 Å². The third kappa shape index (κ3) is 4.19. The molecule has 3 heterocycles. The Morgan fingerprint density at radius 1 is 1.16 bits per heavy atom. The zero-order valence-electron chi connectivity index (χ0n) is 18.5. The van der Waals surface area contributed by atoms with Crippen LogP contribution in [0.15, 0.2) is 40.8 Å². The van der Waals surface area contributed by atoms with E-state index in [9.17, 15) is 9.59 Å². The lowest BCUT2D eigenvalue weighted by atomic mass is 9.74. The first-order valence-electron chi connectivity index (χ1n) is 11.0. The van der Waals surface area contributed by atoms with Crippen LogP contribution in [0.5, 0.6) is 5.75 Å². The summed E-state index contributed by atoms with van der Waals surface area (Å²) in [5.74, 6) is 2.66. The summed E-state index contributed by atoms with van der Waals surface area (Å²) in [6.07, 6.45) is 3.03. The lowest BCUT2D eigenvalue weighted by molar-refractivity contribution is -0.133. The van der Waals surface area contributed by atoms with Gasteiger partial charge in [-0.15, -0.1) is 0 Å². The molecule has 3 amide bonds. The quantitative estimate of drug-likeness (QED) is 0.690. The van der Waals surface area contributed by atoms with Crippen molar-refractivity contribution < 1.29 is 18.7 Å². The number of rotatable bonds is 7. The van der Waals surface area contributed by atoms with Crippen molar-refractivity contribution in [3.05, 3.63) is 53.5 Å². The summed E-state index contributed by atoms with van der Waals surface area (Å²) >= 11 is 0. The van der Waals surface area contributed by atoms with Crippen LogP contribution in [0.4, 0.5) is 4.79 Å². The minimum Gasteiger partial charge on any atom is -0.497 e. The SMILES string of the molecule is CCc1ccc(CN2CCC([C@]3(Cc4cccc(OC)c4)NC(=O)N(C)C3=O)CC2)o1. The second-order valence-electron chi connectivity index (χ2n) is 8.57. The van der Waals surface area contributed by atoms with Gasteiger partial charge in [-0.3, -0.25) is 14.6 Å². The average molecular weight is 426 g/mol. The Labute approximate surface area is 183 Å². The molecule has 2 aromatic rings. The van der Waals surface area contributed by atoms with E-state index in [1.165, 1.54) is 4.90 Å². The Bertz CT molecular complexity index is 948. The molecule has 7 heteroatoms. The highest BCUT2D eigenvalue weighted by atomic mass is 16.5. The van der Waals surface area contributed by atoms with E-state index in [1.807, 2.05) is 36.4 Å². The summed E-state index contributed by atoms with van der Waals surface area (Å²) in [5, 5.41) is 3.06. The number of hydrogen-bond donors (Lipinski definition) is 1. The fraction of sp³-hybridized carbons (Fsp3) is 0.500. The van der Waals surface area contributed by atoms with E-state index in [0.29, 0.717) is 6.42 Å². The van der Waals surface area contributed by atoms with Crippen molar-refractivity contribution in [3.63, 3.8) is 0 Å². The van der Waals surface area contributed by atoms with Gasteiger partial charge in [-0.05, 0) is 61.7 Å². The lowest BCUT2D eigenvalue weighted by Gasteiger charge is -2.40. The minimum absolute atomic E-state index is 0.0687. The van der Waals surface area contributed by atoms with E-state index >= 15 is 0 Å². The van der Waals surface area contributed by atoms with E-state index in [-0.39, 0.29) is 17.9 Å². The Morgan fingerprint density at radius 3 is 2.52 bits per heavy atom. The molecule has 0 radical (unpaired) electrons. The molecule has 1 atom stereocenters. The summed E-state index contributed by atoms with van der Waals surface area (Å²) in [7, 11) is 3.19. The van der Waals surface area contributed by atoms with Gasteiger partial charge in [-0.1, -0.05) is 19.1 Å². The van der Waals surface area contributed by atoms with E-state index in [4.69, 9.17) is 9.15 Å². The molecule has 166 valence electrons. The first-order chi connectivity index (χ1) is 14.9. The van der Waals surface area contributed by atoms with Gasteiger partial charge in [-0.2, -0.15) is 0 Å². The summed E-state index contributed by atoms with van der Waals surface area (Å²) in [6, 6.07) is 11.5. The fourth-order valence-electron chi connectivity index (χ4n) is 4.87. The summed E-state index contributed by atoms with van der Waals surface area (Å²) in [5.41, 5.74) is 0.0677. The van der Waals surface area contributed by atoms with E-state index < -0.39 is 5.54 Å². The number of piperidine rings is 1. The third-order valence-electron chi connectivity index (χ3n) is 6.67. The lowest BCUT2D eigenvalue weighted by Crippen LogP contribution is -2.57. The van der Waals surface area contributed by atoms with E-state index in [1.54, 1.807) is 14.2 Å². The fourth-order valence-corrected chi connectivity index (χ4v) is 4.87. The van der Waals surface area contributed by atoms with Gasteiger partial charge in [0.05, 0.1) is 13.7 Å². The normalized spacial score (nSPS) is 22.7.